The molecular formula is C93H87BrN2. The van der Waals surface area contributed by atoms with Crippen molar-refractivity contribution in [1.82, 2.24) is 0 Å². The Morgan fingerprint density at radius 3 is 1.24 bits per heavy atom. The van der Waals surface area contributed by atoms with Crippen molar-refractivity contribution in [2.45, 2.75) is 59.8 Å². The average molecular weight is 1340 g/mol. The standard InChI is InChI=1S/C46H35N.C39H29N.C7H7Br.CH4.6H2/c1-30-19-22-35(23-20-30)47(36-24-25-42-41(29-36)40-27-33-13-4-5-14-34(33)28-43(40)46(42,2)3)44-26-21-32-12-7-9-17-38(32)45(44)39-18-10-15-31-11-6-8-16-37(31)39;1-39(2)35-20-19-29(24-34(35)33-22-27-12-3-4-13-28(27)23-36(33)39)40-37-21-18-26-11-6-8-16-31(26)38(37)32-17-9-14-25-10-5-7-15-30(25)32;1-6-2-4-7(8)5-3-6;;;;;;;/h4-29H,1-3H3;3-24,40H,1-2H3;2-5H,1H3;1H4;6*1H/i;;;1T;6*1+2T. The first kappa shape index (κ1) is 53.5. The molecule has 18 rings (SSSR count). The summed E-state index contributed by atoms with van der Waals surface area (Å²) in [5, 5.41) is 19.0. The van der Waals surface area contributed by atoms with Gasteiger partial charge in [0.25, 0.3) is 0 Å². The van der Waals surface area contributed by atoms with Crippen LogP contribution in [0.15, 0.2) is 320 Å². The third-order valence-electron chi connectivity index (χ3n) is 20.1. The fraction of sp³-hybridized carbons (Fsp3) is 0.0968. The van der Waals surface area contributed by atoms with Crippen molar-refractivity contribution in [1.29, 1.82) is 0 Å². The number of hydrogen-bond donors (Lipinski definition) is 1. The van der Waals surface area contributed by atoms with Gasteiger partial charge >= 0.3 is 0 Å². The zero-order valence-electron chi connectivity index (χ0n) is 68.3. The fourth-order valence-corrected chi connectivity index (χ4v) is 15.4. The van der Waals surface area contributed by atoms with Crippen molar-refractivity contribution in [3.8, 4) is 44.5 Å². The van der Waals surface area contributed by atoms with Crippen molar-refractivity contribution >= 4 is 109 Å². The maximum atomic E-state index is 5.75. The summed E-state index contributed by atoms with van der Waals surface area (Å²) >= 11 is 3.35. The quantitative estimate of drug-likeness (QED) is 0.171. The van der Waals surface area contributed by atoms with Gasteiger partial charge in [0.05, 0.1) is 5.69 Å². The Labute approximate surface area is 592 Å². The minimum Gasteiger partial charge on any atom is -0.355 e. The summed E-state index contributed by atoms with van der Waals surface area (Å²) in [6.45, 7) is 13.7. The minimum atomic E-state index is -0.0843. The Morgan fingerprint density at radius 2 is 0.719 bits per heavy atom. The number of halogens is 1. The summed E-state index contributed by atoms with van der Waals surface area (Å²) in [6, 6.07) is 115. The average Bonchev–Trinajstić information content (AvgIpc) is 1.61. The number of nitrogens with one attached hydrogen (secondary N) is 1. The maximum absolute atomic E-state index is 5.75. The number of hydrogen-bond acceptors (Lipinski definition) is 2. The lowest BCUT2D eigenvalue weighted by Gasteiger charge is -2.30. The first-order chi connectivity index (χ1) is 53.3. The molecule has 0 heterocycles. The van der Waals surface area contributed by atoms with Gasteiger partial charge in [-0.25, -0.2) is 0 Å². The smallest absolute Gasteiger partial charge is 0.0546 e. The third kappa shape index (κ3) is 10.9. The lowest BCUT2D eigenvalue weighted by atomic mass is 9.82. The predicted molar refractivity (Wildman–Crippen MR) is 431 cm³/mol. The van der Waals surface area contributed by atoms with Gasteiger partial charge in [0.1, 0.15) is 0 Å². The Kier molecular flexibility index (Phi) is 13.8. The lowest BCUT2D eigenvalue weighted by molar-refractivity contribution is 0.661. The van der Waals surface area contributed by atoms with E-state index in [1.165, 1.54) is 156 Å². The van der Waals surface area contributed by atoms with Gasteiger partial charge in [-0.2, -0.15) is 0 Å². The summed E-state index contributed by atoms with van der Waals surface area (Å²) in [6.07, 6.45) is 0. The Bertz CT molecular complexity index is 5700. The van der Waals surface area contributed by atoms with Crippen LogP contribution in [0.4, 0.5) is 28.4 Å². The second-order valence-electron chi connectivity index (χ2n) is 26.8. The van der Waals surface area contributed by atoms with Gasteiger partial charge in [0.2, 0.25) is 0 Å². The first-order valence-corrected chi connectivity index (χ1v) is 33.9. The van der Waals surface area contributed by atoms with E-state index in [0.29, 0.717) is 0 Å². The first-order valence-electron chi connectivity index (χ1n) is 40.1. The molecule has 0 atom stereocenters. The van der Waals surface area contributed by atoms with E-state index in [-0.39, 0.29) is 10.8 Å². The molecule has 2 nitrogen and oxygen atoms in total. The highest BCUT2D eigenvalue weighted by Crippen LogP contribution is 2.55. The van der Waals surface area contributed by atoms with Crippen molar-refractivity contribution in [2.24, 2.45) is 0 Å². The highest BCUT2D eigenvalue weighted by atomic mass is 79.9. The van der Waals surface area contributed by atoms with Crippen LogP contribution in [0.3, 0.4) is 0 Å². The number of rotatable bonds is 7. The number of benzene rings is 16. The summed E-state index contributed by atoms with van der Waals surface area (Å²) in [4.78, 5) is 2.47. The van der Waals surface area contributed by atoms with Gasteiger partial charge in [-0.3, -0.25) is 0 Å². The molecule has 0 fully saturated rings. The number of aryl methyl sites for hydroxylation is 2. The van der Waals surface area contributed by atoms with Crippen LogP contribution in [-0.4, -0.2) is 0 Å². The molecule has 1 N–H and O–H groups in total. The SMILES string of the molecule is CC1(C)c2ccc(Nc3ccc4ccccc4c3-c3cccc4ccccc34)cc2-c2cc3ccccc3cc21.Cc1ccc(Br)cc1.Cc1ccc(N(c2ccc3c(c2)-c2cc4ccccc4cc2C3(C)C)c2ccc3ccccc3c2-c2cccc3ccccc23)cc1.[3H]C.[3H][3H].[3H][3H].[3H][3H].[3H][3H].[3H][3H].[3H][3H]. The number of nitrogens with zero attached hydrogens (tertiary/aromatic N) is 1. The van der Waals surface area contributed by atoms with Crippen molar-refractivity contribution < 1.29 is 19.2 Å². The van der Waals surface area contributed by atoms with Crippen molar-refractivity contribution in [2.75, 3.05) is 10.2 Å². The van der Waals surface area contributed by atoms with Crippen molar-refractivity contribution in [3.05, 3.63) is 353 Å². The molecule has 96 heavy (non-hydrogen) atoms. The van der Waals surface area contributed by atoms with Gasteiger partial charge in [0.15, 0.2) is 0 Å². The van der Waals surface area contributed by atoms with Crippen LogP contribution in [0.1, 0.15) is 87.7 Å². The van der Waals surface area contributed by atoms with Crippen LogP contribution in [0, 0.1) is 13.8 Å². The van der Waals surface area contributed by atoms with Crippen LogP contribution < -0.4 is 10.2 Å². The molecule has 0 spiro atoms. The molecule has 0 bridgehead atoms. The van der Waals surface area contributed by atoms with E-state index >= 15 is 0 Å². The molecule has 0 amide bonds. The van der Waals surface area contributed by atoms with E-state index in [0.717, 1.165) is 27.2 Å². The van der Waals surface area contributed by atoms with E-state index < -0.39 is 0 Å². The molecule has 0 saturated carbocycles. The van der Waals surface area contributed by atoms with Crippen LogP contribution in [0.25, 0.3) is 109 Å². The van der Waals surface area contributed by atoms with Gasteiger partial charge in [-0.15, -0.1) is 0 Å². The largest absolute Gasteiger partial charge is 0.355 e. The zero-order valence-corrected chi connectivity index (χ0v) is 56.9. The Hall–Kier alpha value is -10.8. The van der Waals surface area contributed by atoms with Gasteiger partial charge in [-0.05, 0) is 219 Å². The van der Waals surface area contributed by atoms with Gasteiger partial charge in [0, 0.05) is 68.4 Å². The molecule has 3 heteroatoms. The summed E-state index contributed by atoms with van der Waals surface area (Å²) < 4.78 is 66.9. The van der Waals surface area contributed by atoms with Crippen LogP contribution in [0.2, 0.25) is 0 Å². The van der Waals surface area contributed by atoms with Crippen LogP contribution in [0.5, 0.6) is 0 Å². The summed E-state index contributed by atoms with van der Waals surface area (Å²) in [5.41, 5.74) is 24.0. The Morgan fingerprint density at radius 1 is 0.333 bits per heavy atom. The van der Waals surface area contributed by atoms with Gasteiger partial charge < -0.3 is 10.2 Å². The maximum Gasteiger partial charge on any atom is 0.0546 e. The topological polar surface area (TPSA) is 15.3 Å². The van der Waals surface area contributed by atoms with Crippen LogP contribution in [-0.2, 0) is 10.8 Å². The lowest BCUT2D eigenvalue weighted by Crippen LogP contribution is -2.15. The molecule has 16 aromatic carbocycles. The molecule has 0 radical (unpaired) electrons. The normalized spacial score (nSPS) is 13.4. The zero-order chi connectivity index (χ0) is 78.5. The molecule has 0 saturated heterocycles. The third-order valence-corrected chi connectivity index (χ3v) is 20.6. The molecule has 476 valence electrons. The second-order valence-corrected chi connectivity index (χ2v) is 27.7. The van der Waals surface area contributed by atoms with E-state index in [1.54, 1.807) is 0 Å². The van der Waals surface area contributed by atoms with Crippen LogP contribution >= 0.6 is 15.9 Å². The molecule has 0 aromatic heterocycles. The monoisotopic (exact) mass is 1340 g/mol. The second kappa shape index (κ2) is 24.8. The van der Waals surface area contributed by atoms with E-state index in [2.05, 4.69) is 371 Å². The minimum absolute atomic E-state index is 0.0374. The molecule has 0 unspecified atom stereocenters. The summed E-state index contributed by atoms with van der Waals surface area (Å²) in [7, 11) is 1.25. The number of anilines is 5. The number of fused-ring (bicyclic) bond motifs is 12. The van der Waals surface area contributed by atoms with E-state index in [4.69, 9.17) is 19.2 Å². The highest BCUT2D eigenvalue weighted by molar-refractivity contribution is 9.10. The Balaban J connectivity index is 0.000000200. The predicted octanol–water partition coefficient (Wildman–Crippen LogP) is 28.6. The summed E-state index contributed by atoms with van der Waals surface area (Å²) in [5.74, 6) is 0. The van der Waals surface area contributed by atoms with E-state index in [1.807, 2.05) is 12.1 Å². The van der Waals surface area contributed by atoms with E-state index in [9.17, 15) is 0 Å². The molecule has 0 aliphatic heterocycles. The molecule has 2 aliphatic rings. The highest BCUT2D eigenvalue weighted by Gasteiger charge is 2.38. The molecular weight excluding hydrogens is 1220 g/mol. The van der Waals surface area contributed by atoms with Gasteiger partial charge in [-0.1, -0.05) is 293 Å². The fourth-order valence-electron chi connectivity index (χ4n) is 15.2. The molecule has 16 aromatic rings. The molecule has 2 aliphatic carbocycles. The van der Waals surface area contributed by atoms with Crippen molar-refractivity contribution in [3.63, 3.8) is 0 Å².